The number of carbonyl (C=O) groups is 1. The van der Waals surface area contributed by atoms with Crippen molar-refractivity contribution in [2.45, 2.75) is 6.18 Å². The summed E-state index contributed by atoms with van der Waals surface area (Å²) >= 11 is 0. The SMILES string of the molecule is N=C1N=C2NC(C(F)(F)F)=CC2C(=O)N1. The summed E-state index contributed by atoms with van der Waals surface area (Å²) in [6.45, 7) is 0. The number of alkyl halides is 3. The minimum absolute atomic E-state index is 0.156. The number of aliphatic imine (C=N–C) groups is 1. The molecule has 2 aliphatic rings. The molecule has 0 bridgehead atoms. The second kappa shape index (κ2) is 2.81. The van der Waals surface area contributed by atoms with Gasteiger partial charge in [0.05, 0.1) is 0 Å². The van der Waals surface area contributed by atoms with Crippen molar-refractivity contribution in [1.29, 1.82) is 5.41 Å². The lowest BCUT2D eigenvalue weighted by molar-refractivity contribution is -0.120. The van der Waals surface area contributed by atoms with E-state index >= 15 is 0 Å². The van der Waals surface area contributed by atoms with Crippen LogP contribution in [0.3, 0.4) is 0 Å². The molecule has 2 aliphatic heterocycles. The Balaban J connectivity index is 2.34. The normalized spacial score (nSPS) is 25.1. The Bertz CT molecular complexity index is 409. The zero-order chi connectivity index (χ0) is 11.2. The maximum absolute atomic E-state index is 12.3. The first-order chi connectivity index (χ1) is 6.88. The molecule has 0 spiro atoms. The molecular weight excluding hydrogens is 213 g/mol. The number of halogens is 3. The van der Waals surface area contributed by atoms with Crippen molar-refractivity contribution < 1.29 is 18.0 Å². The van der Waals surface area contributed by atoms with Gasteiger partial charge in [-0.3, -0.25) is 15.5 Å². The van der Waals surface area contributed by atoms with Crippen molar-refractivity contribution >= 4 is 17.7 Å². The zero-order valence-electron chi connectivity index (χ0n) is 7.14. The molecule has 0 saturated carbocycles. The third-order valence-corrected chi connectivity index (χ3v) is 1.95. The van der Waals surface area contributed by atoms with Crippen LogP contribution in [-0.4, -0.2) is 23.9 Å². The first-order valence-electron chi connectivity index (χ1n) is 3.92. The molecule has 1 atom stereocenters. The molecule has 1 amide bonds. The predicted octanol–water partition coefficient (Wildman–Crippen LogP) is 0.115. The number of amides is 1. The summed E-state index contributed by atoms with van der Waals surface area (Å²) in [6.07, 6.45) is -3.79. The Morgan fingerprint density at radius 1 is 1.40 bits per heavy atom. The molecule has 5 nitrogen and oxygen atoms in total. The van der Waals surface area contributed by atoms with E-state index in [0.717, 1.165) is 6.08 Å². The summed E-state index contributed by atoms with van der Waals surface area (Å²) in [5, 5.41) is 11.0. The monoisotopic (exact) mass is 218 g/mol. The quantitative estimate of drug-likeness (QED) is 0.539. The van der Waals surface area contributed by atoms with Crippen molar-refractivity contribution in [2.75, 3.05) is 0 Å². The van der Waals surface area contributed by atoms with Crippen LogP contribution < -0.4 is 10.6 Å². The Morgan fingerprint density at radius 3 is 2.67 bits per heavy atom. The van der Waals surface area contributed by atoms with Gasteiger partial charge in [-0.1, -0.05) is 0 Å². The Labute approximate surface area is 81.6 Å². The number of hydrogen-bond acceptors (Lipinski definition) is 3. The smallest absolute Gasteiger partial charge is 0.339 e. The molecule has 0 aromatic carbocycles. The highest BCUT2D eigenvalue weighted by Crippen LogP contribution is 2.29. The summed E-state index contributed by atoms with van der Waals surface area (Å²) in [5.41, 5.74) is -1.02. The van der Waals surface area contributed by atoms with Crippen LogP contribution in [-0.2, 0) is 4.79 Å². The van der Waals surface area contributed by atoms with Gasteiger partial charge in [0.25, 0.3) is 0 Å². The van der Waals surface area contributed by atoms with Gasteiger partial charge in [0, 0.05) is 0 Å². The van der Waals surface area contributed by atoms with E-state index in [1.54, 1.807) is 0 Å². The molecule has 0 aromatic rings. The Hall–Kier alpha value is -1.86. The van der Waals surface area contributed by atoms with E-state index in [0.29, 0.717) is 0 Å². The standard InChI is InChI=1S/C7H5F3N4O/c8-7(9,10)3-1-2-4(12-3)13-6(11)14-5(2)15/h1-2H,(H3,11,12,13,14,15). The number of rotatable bonds is 0. The Kier molecular flexibility index (Phi) is 1.82. The second-order valence-electron chi connectivity index (χ2n) is 3.02. The molecule has 2 heterocycles. The number of hydrogen-bond donors (Lipinski definition) is 3. The highest BCUT2D eigenvalue weighted by Gasteiger charge is 2.43. The van der Waals surface area contributed by atoms with Gasteiger partial charge in [0.2, 0.25) is 11.9 Å². The van der Waals surface area contributed by atoms with Crippen LogP contribution in [0.1, 0.15) is 0 Å². The number of guanidine groups is 1. The van der Waals surface area contributed by atoms with Crippen LogP contribution in [0.5, 0.6) is 0 Å². The number of nitrogens with one attached hydrogen (secondary N) is 3. The first-order valence-corrected chi connectivity index (χ1v) is 3.92. The van der Waals surface area contributed by atoms with E-state index in [4.69, 9.17) is 5.41 Å². The number of allylic oxidation sites excluding steroid dienone is 1. The summed E-state index contributed by atoms with van der Waals surface area (Å²) < 4.78 is 36.8. The summed E-state index contributed by atoms with van der Waals surface area (Å²) in [5.74, 6) is -2.38. The van der Waals surface area contributed by atoms with Crippen LogP contribution in [0.4, 0.5) is 13.2 Å². The molecule has 0 fully saturated rings. The lowest BCUT2D eigenvalue weighted by Crippen LogP contribution is -2.44. The lowest BCUT2D eigenvalue weighted by Gasteiger charge is -2.15. The first kappa shape index (κ1) is 9.69. The van der Waals surface area contributed by atoms with Crippen molar-refractivity contribution in [1.82, 2.24) is 10.6 Å². The third-order valence-electron chi connectivity index (χ3n) is 1.95. The van der Waals surface area contributed by atoms with Gasteiger partial charge >= 0.3 is 6.18 Å². The largest absolute Gasteiger partial charge is 0.431 e. The molecule has 0 aromatic heterocycles. The van der Waals surface area contributed by atoms with Gasteiger partial charge in [-0.05, 0) is 6.08 Å². The molecule has 0 radical (unpaired) electrons. The van der Waals surface area contributed by atoms with Crippen LogP contribution in [0, 0.1) is 11.3 Å². The fraction of sp³-hybridized carbons (Fsp3) is 0.286. The molecule has 0 saturated heterocycles. The van der Waals surface area contributed by atoms with Crippen LogP contribution in [0.25, 0.3) is 0 Å². The van der Waals surface area contributed by atoms with E-state index in [-0.39, 0.29) is 5.84 Å². The van der Waals surface area contributed by atoms with Crippen LogP contribution in [0.2, 0.25) is 0 Å². The molecule has 15 heavy (non-hydrogen) atoms. The number of carbonyl (C=O) groups excluding carboxylic acids is 1. The van der Waals surface area contributed by atoms with Crippen molar-refractivity contribution in [3.63, 3.8) is 0 Å². The topological polar surface area (TPSA) is 77.3 Å². The van der Waals surface area contributed by atoms with Gasteiger partial charge < -0.3 is 5.32 Å². The van der Waals surface area contributed by atoms with Gasteiger partial charge in [-0.15, -0.1) is 0 Å². The minimum Gasteiger partial charge on any atom is -0.339 e. The fourth-order valence-corrected chi connectivity index (χ4v) is 1.31. The third kappa shape index (κ3) is 1.58. The van der Waals surface area contributed by atoms with Crippen molar-refractivity contribution in [3.8, 4) is 0 Å². The van der Waals surface area contributed by atoms with Gasteiger partial charge in [0.15, 0.2) is 0 Å². The minimum atomic E-state index is -4.54. The van der Waals surface area contributed by atoms with E-state index < -0.39 is 29.7 Å². The molecule has 3 N–H and O–H groups in total. The van der Waals surface area contributed by atoms with Crippen molar-refractivity contribution in [3.05, 3.63) is 11.8 Å². The fourth-order valence-electron chi connectivity index (χ4n) is 1.31. The second-order valence-corrected chi connectivity index (χ2v) is 3.02. The van der Waals surface area contributed by atoms with Crippen molar-refractivity contribution in [2.24, 2.45) is 10.9 Å². The summed E-state index contributed by atoms with van der Waals surface area (Å²) in [6, 6.07) is 0. The maximum Gasteiger partial charge on any atom is 0.431 e. The summed E-state index contributed by atoms with van der Waals surface area (Å²) in [7, 11) is 0. The molecule has 8 heteroatoms. The zero-order valence-corrected chi connectivity index (χ0v) is 7.14. The molecule has 0 aliphatic carbocycles. The van der Waals surface area contributed by atoms with E-state index in [1.165, 1.54) is 0 Å². The number of nitrogens with zero attached hydrogens (tertiary/aromatic N) is 1. The van der Waals surface area contributed by atoms with Crippen LogP contribution >= 0.6 is 0 Å². The average Bonchev–Trinajstić information content (AvgIpc) is 2.46. The highest BCUT2D eigenvalue weighted by molar-refractivity contribution is 6.18. The molecular formula is C7H5F3N4O. The van der Waals surface area contributed by atoms with E-state index in [1.807, 2.05) is 10.6 Å². The number of fused-ring (bicyclic) bond motifs is 1. The van der Waals surface area contributed by atoms with Gasteiger partial charge in [0.1, 0.15) is 17.5 Å². The predicted molar refractivity (Wildman–Crippen MR) is 44.1 cm³/mol. The van der Waals surface area contributed by atoms with Crippen LogP contribution in [0.15, 0.2) is 16.8 Å². The molecule has 80 valence electrons. The molecule has 2 rings (SSSR count). The van der Waals surface area contributed by atoms with Gasteiger partial charge in [-0.2, -0.15) is 18.2 Å². The molecule has 1 unspecified atom stereocenters. The number of amidine groups is 1. The average molecular weight is 218 g/mol. The lowest BCUT2D eigenvalue weighted by atomic mass is 10.1. The van der Waals surface area contributed by atoms with E-state index in [2.05, 4.69) is 4.99 Å². The van der Waals surface area contributed by atoms with E-state index in [9.17, 15) is 18.0 Å². The van der Waals surface area contributed by atoms with Gasteiger partial charge in [-0.25, -0.2) is 0 Å². The summed E-state index contributed by atoms with van der Waals surface area (Å²) in [4.78, 5) is 14.6. The maximum atomic E-state index is 12.3. The highest BCUT2D eigenvalue weighted by atomic mass is 19.4. The Morgan fingerprint density at radius 2 is 2.07 bits per heavy atom.